The average molecular weight is 308 g/mol. The topological polar surface area (TPSA) is 0 Å². The van der Waals surface area contributed by atoms with E-state index in [1.54, 1.807) is 0 Å². The monoisotopic (exact) mass is 306 g/mol. The first-order valence-electron chi connectivity index (χ1n) is 5.00. The van der Waals surface area contributed by atoms with Crippen LogP contribution < -0.4 is 0 Å². The van der Waals surface area contributed by atoms with Crippen molar-refractivity contribution in [2.75, 3.05) is 0 Å². The fourth-order valence-corrected chi connectivity index (χ4v) is 2.55. The van der Waals surface area contributed by atoms with E-state index in [0.29, 0.717) is 11.1 Å². The highest BCUT2D eigenvalue weighted by Crippen LogP contribution is 2.43. The molecule has 0 N–H and O–H groups in total. The zero-order valence-electron chi connectivity index (χ0n) is 8.93. The molecule has 2 rings (SSSR count). The van der Waals surface area contributed by atoms with Crippen molar-refractivity contribution in [3.8, 4) is 0 Å². The summed E-state index contributed by atoms with van der Waals surface area (Å²) in [6, 6.07) is 9.13. The Hall–Kier alpha value is -0.830. The highest BCUT2D eigenvalue weighted by atomic mass is 35.5. The predicted molar refractivity (Wildman–Crippen MR) is 70.3 cm³/mol. The van der Waals surface area contributed by atoms with Gasteiger partial charge in [-0.1, -0.05) is 53.0 Å². The zero-order valence-corrected chi connectivity index (χ0v) is 11.2. The second kappa shape index (κ2) is 5.04. The molecule has 0 aliphatic heterocycles. The van der Waals surface area contributed by atoms with Gasteiger partial charge >= 0.3 is 0 Å². The summed E-state index contributed by atoms with van der Waals surface area (Å²) in [4.78, 5) is 0. The van der Waals surface area contributed by atoms with E-state index in [0.717, 1.165) is 6.07 Å². The fourth-order valence-electron chi connectivity index (χ4n) is 1.56. The maximum Gasteiger partial charge on any atom is 0.169 e. The number of hydrogen-bond donors (Lipinski definition) is 0. The molecular weight excluding hydrogens is 300 g/mol. The molecule has 0 spiro atoms. The van der Waals surface area contributed by atoms with Gasteiger partial charge in [0, 0.05) is 5.56 Å². The van der Waals surface area contributed by atoms with E-state index in [-0.39, 0.29) is 5.02 Å². The normalized spacial score (nSPS) is 11.6. The molecule has 0 saturated heterocycles. The van der Waals surface area contributed by atoms with Crippen molar-refractivity contribution < 1.29 is 8.78 Å². The standard InChI is InChI=1S/C13H7Cl3F2/c14-12-7-10(18)5-6-11(12)13(15,16)8-1-3-9(17)4-2-8/h1-7H. The third-order valence-electron chi connectivity index (χ3n) is 2.48. The lowest BCUT2D eigenvalue weighted by molar-refractivity contribution is 0.626. The Morgan fingerprint density at radius 3 is 1.94 bits per heavy atom. The summed E-state index contributed by atoms with van der Waals surface area (Å²) >= 11 is 18.4. The Morgan fingerprint density at radius 1 is 0.833 bits per heavy atom. The van der Waals surface area contributed by atoms with Crippen LogP contribution in [-0.2, 0) is 4.33 Å². The van der Waals surface area contributed by atoms with Gasteiger partial charge < -0.3 is 0 Å². The van der Waals surface area contributed by atoms with Gasteiger partial charge in [-0.2, -0.15) is 0 Å². The number of alkyl halides is 2. The molecule has 5 heteroatoms. The van der Waals surface area contributed by atoms with Gasteiger partial charge in [-0.15, -0.1) is 0 Å². The molecule has 0 radical (unpaired) electrons. The van der Waals surface area contributed by atoms with Crippen molar-refractivity contribution in [3.63, 3.8) is 0 Å². The zero-order chi connectivity index (χ0) is 13.3. The third-order valence-corrected chi connectivity index (χ3v) is 3.63. The predicted octanol–water partition coefficient (Wildman–Crippen LogP) is 5.30. The van der Waals surface area contributed by atoms with Gasteiger partial charge in [0.25, 0.3) is 0 Å². The number of benzene rings is 2. The largest absolute Gasteiger partial charge is 0.207 e. The van der Waals surface area contributed by atoms with Gasteiger partial charge in [-0.3, -0.25) is 0 Å². The molecule has 0 bridgehead atoms. The van der Waals surface area contributed by atoms with E-state index in [2.05, 4.69) is 0 Å². The molecular formula is C13H7Cl3F2. The molecule has 2 aromatic carbocycles. The van der Waals surface area contributed by atoms with Crippen LogP contribution in [0.5, 0.6) is 0 Å². The van der Waals surface area contributed by atoms with Crippen LogP contribution in [0.3, 0.4) is 0 Å². The summed E-state index contributed by atoms with van der Waals surface area (Å²) in [5.74, 6) is -0.875. The van der Waals surface area contributed by atoms with Crippen LogP contribution in [0.2, 0.25) is 5.02 Å². The van der Waals surface area contributed by atoms with E-state index in [4.69, 9.17) is 34.8 Å². The van der Waals surface area contributed by atoms with E-state index >= 15 is 0 Å². The summed E-state index contributed by atoms with van der Waals surface area (Å²) in [6.07, 6.45) is 0. The summed E-state index contributed by atoms with van der Waals surface area (Å²) in [6.45, 7) is 0. The van der Waals surface area contributed by atoms with Crippen LogP contribution in [0.15, 0.2) is 42.5 Å². The first kappa shape index (κ1) is 13.6. The molecule has 0 aliphatic rings. The van der Waals surface area contributed by atoms with Crippen molar-refractivity contribution in [1.29, 1.82) is 0 Å². The second-order valence-electron chi connectivity index (χ2n) is 3.71. The van der Waals surface area contributed by atoms with Crippen LogP contribution in [0.25, 0.3) is 0 Å². The van der Waals surface area contributed by atoms with Crippen molar-refractivity contribution in [3.05, 3.63) is 70.2 Å². The van der Waals surface area contributed by atoms with Crippen LogP contribution in [0.4, 0.5) is 8.78 Å². The van der Waals surface area contributed by atoms with E-state index in [1.807, 2.05) is 0 Å². The van der Waals surface area contributed by atoms with Gasteiger partial charge in [-0.25, -0.2) is 8.78 Å². The smallest absolute Gasteiger partial charge is 0.169 e. The van der Waals surface area contributed by atoms with E-state index in [9.17, 15) is 8.78 Å². The van der Waals surface area contributed by atoms with Gasteiger partial charge in [0.1, 0.15) is 11.6 Å². The minimum absolute atomic E-state index is 0.115. The van der Waals surface area contributed by atoms with Gasteiger partial charge in [0.2, 0.25) is 0 Å². The Bertz CT molecular complexity index is 565. The molecule has 0 aliphatic carbocycles. The van der Waals surface area contributed by atoms with Crippen molar-refractivity contribution in [2.24, 2.45) is 0 Å². The highest BCUT2D eigenvalue weighted by Gasteiger charge is 2.31. The molecule has 0 saturated carbocycles. The summed E-state index contributed by atoms with van der Waals surface area (Å²) in [5, 5.41) is 0.115. The molecule has 94 valence electrons. The van der Waals surface area contributed by atoms with Crippen molar-refractivity contribution in [2.45, 2.75) is 4.33 Å². The highest BCUT2D eigenvalue weighted by molar-refractivity contribution is 6.51. The third kappa shape index (κ3) is 2.61. The molecule has 18 heavy (non-hydrogen) atoms. The molecule has 0 nitrogen and oxygen atoms in total. The Labute approximate surface area is 118 Å². The van der Waals surface area contributed by atoms with Crippen molar-refractivity contribution in [1.82, 2.24) is 0 Å². The number of rotatable bonds is 2. The molecule has 0 aromatic heterocycles. The van der Waals surface area contributed by atoms with Crippen LogP contribution in [0.1, 0.15) is 11.1 Å². The molecule has 0 amide bonds. The minimum Gasteiger partial charge on any atom is -0.207 e. The SMILES string of the molecule is Fc1ccc(C(Cl)(Cl)c2ccc(F)cc2Cl)cc1. The fraction of sp³-hybridized carbons (Fsp3) is 0.0769. The Kier molecular flexibility index (Phi) is 3.81. The molecule has 0 heterocycles. The number of hydrogen-bond acceptors (Lipinski definition) is 0. The lowest BCUT2D eigenvalue weighted by Crippen LogP contribution is -2.13. The van der Waals surface area contributed by atoms with Gasteiger partial charge in [0.05, 0.1) is 5.02 Å². The summed E-state index contributed by atoms with van der Waals surface area (Å²) in [5.41, 5.74) is 0.807. The maximum atomic E-state index is 13.0. The first-order valence-corrected chi connectivity index (χ1v) is 6.14. The van der Waals surface area contributed by atoms with E-state index in [1.165, 1.54) is 36.4 Å². The van der Waals surface area contributed by atoms with Gasteiger partial charge in [0.15, 0.2) is 4.33 Å². The van der Waals surface area contributed by atoms with E-state index < -0.39 is 16.0 Å². The van der Waals surface area contributed by atoms with Crippen molar-refractivity contribution >= 4 is 34.8 Å². The second-order valence-corrected chi connectivity index (χ2v) is 5.44. The first-order chi connectivity index (χ1) is 8.41. The molecule has 0 unspecified atom stereocenters. The minimum atomic E-state index is -1.46. The Morgan fingerprint density at radius 2 is 1.39 bits per heavy atom. The Balaban J connectivity index is 2.50. The van der Waals surface area contributed by atoms with Crippen LogP contribution >= 0.6 is 34.8 Å². The lowest BCUT2D eigenvalue weighted by Gasteiger charge is -2.21. The molecule has 0 atom stereocenters. The van der Waals surface area contributed by atoms with Gasteiger partial charge in [-0.05, 0) is 29.8 Å². The number of halogens is 5. The summed E-state index contributed by atoms with van der Waals surface area (Å²) < 4.78 is 24.4. The summed E-state index contributed by atoms with van der Waals surface area (Å²) in [7, 11) is 0. The molecule has 2 aromatic rings. The quantitative estimate of drug-likeness (QED) is 0.661. The van der Waals surface area contributed by atoms with Crippen LogP contribution in [-0.4, -0.2) is 0 Å². The average Bonchev–Trinajstić information content (AvgIpc) is 2.29. The van der Waals surface area contributed by atoms with Crippen LogP contribution in [0, 0.1) is 11.6 Å². The lowest BCUT2D eigenvalue weighted by atomic mass is 10.0. The molecule has 0 fully saturated rings. The maximum absolute atomic E-state index is 13.0.